The molecule has 2 N–H and O–H groups in total. The number of sulfonamides is 1. The van der Waals surface area contributed by atoms with Crippen LogP contribution >= 0.6 is 11.3 Å². The Morgan fingerprint density at radius 3 is 2.77 bits per heavy atom. The van der Waals surface area contributed by atoms with Crippen LogP contribution in [0.1, 0.15) is 34.9 Å². The fraction of sp³-hybridized carbons (Fsp3) is 0.375. The molecule has 4 nitrogen and oxygen atoms in total. The van der Waals surface area contributed by atoms with Gasteiger partial charge in [0.25, 0.3) is 0 Å². The molecule has 1 aromatic heterocycles. The number of nitrogens with one attached hydrogen (secondary N) is 1. The number of thiophene rings is 1. The number of aliphatic hydroxyl groups is 1. The van der Waals surface area contributed by atoms with Crippen molar-refractivity contribution >= 4 is 21.4 Å². The largest absolute Gasteiger partial charge is 0.396 e. The summed E-state index contributed by atoms with van der Waals surface area (Å²) in [5.74, 6) is 0. The fourth-order valence-corrected chi connectivity index (χ4v) is 5.04. The van der Waals surface area contributed by atoms with Crippen LogP contribution in [0.2, 0.25) is 0 Å². The second-order valence-electron chi connectivity index (χ2n) is 5.49. The van der Waals surface area contributed by atoms with Crippen LogP contribution < -0.4 is 4.72 Å². The van der Waals surface area contributed by atoms with Gasteiger partial charge in [-0.1, -0.05) is 12.1 Å². The summed E-state index contributed by atoms with van der Waals surface area (Å²) in [6.45, 7) is -0.0602. The summed E-state index contributed by atoms with van der Waals surface area (Å²) < 4.78 is 28.0. The first-order valence-corrected chi connectivity index (χ1v) is 9.75. The monoisotopic (exact) mass is 337 g/mol. The van der Waals surface area contributed by atoms with Crippen molar-refractivity contribution < 1.29 is 13.5 Å². The summed E-state index contributed by atoms with van der Waals surface area (Å²) in [7, 11) is -3.58. The van der Waals surface area contributed by atoms with E-state index in [4.69, 9.17) is 0 Å². The van der Waals surface area contributed by atoms with Gasteiger partial charge in [-0.05, 0) is 60.4 Å². The Morgan fingerprint density at radius 1 is 1.23 bits per heavy atom. The van der Waals surface area contributed by atoms with E-state index in [0.29, 0.717) is 11.3 Å². The molecule has 0 bridgehead atoms. The average Bonchev–Trinajstić information content (AvgIpc) is 3.17. The second kappa shape index (κ2) is 6.50. The van der Waals surface area contributed by atoms with E-state index in [1.807, 2.05) is 23.6 Å². The molecule has 1 aliphatic rings. The van der Waals surface area contributed by atoms with Crippen LogP contribution in [-0.2, 0) is 22.9 Å². The molecule has 1 aromatic carbocycles. The summed E-state index contributed by atoms with van der Waals surface area (Å²) in [4.78, 5) is 1.23. The summed E-state index contributed by atoms with van der Waals surface area (Å²) in [6.07, 6.45) is 3.44. The minimum Gasteiger partial charge on any atom is -0.396 e. The molecule has 1 aliphatic carbocycles. The van der Waals surface area contributed by atoms with E-state index in [1.165, 1.54) is 16.9 Å². The number of fused-ring (bicyclic) bond motifs is 1. The van der Waals surface area contributed by atoms with Crippen molar-refractivity contribution in [3.63, 3.8) is 0 Å². The van der Waals surface area contributed by atoms with E-state index in [0.717, 1.165) is 29.7 Å². The van der Waals surface area contributed by atoms with Crippen molar-refractivity contribution in [2.75, 3.05) is 6.61 Å². The summed E-state index contributed by atoms with van der Waals surface area (Å²) in [5, 5.41) is 11.1. The van der Waals surface area contributed by atoms with E-state index >= 15 is 0 Å². The van der Waals surface area contributed by atoms with E-state index in [1.54, 1.807) is 12.1 Å². The van der Waals surface area contributed by atoms with E-state index in [-0.39, 0.29) is 12.6 Å². The average molecular weight is 337 g/mol. The Kier molecular flexibility index (Phi) is 4.63. The summed E-state index contributed by atoms with van der Waals surface area (Å²) in [5.41, 5.74) is 2.39. The van der Waals surface area contributed by atoms with Gasteiger partial charge in [-0.3, -0.25) is 0 Å². The first-order chi connectivity index (χ1) is 10.6. The highest BCUT2D eigenvalue weighted by Gasteiger charge is 2.23. The summed E-state index contributed by atoms with van der Waals surface area (Å²) >= 11 is 1.49. The van der Waals surface area contributed by atoms with Crippen LogP contribution in [0.4, 0.5) is 0 Å². The van der Waals surface area contributed by atoms with Crippen molar-refractivity contribution in [3.8, 4) is 0 Å². The molecule has 22 heavy (non-hydrogen) atoms. The Hall–Kier alpha value is -1.21. The van der Waals surface area contributed by atoms with Gasteiger partial charge in [-0.2, -0.15) is 0 Å². The lowest BCUT2D eigenvalue weighted by Crippen LogP contribution is -2.29. The highest BCUT2D eigenvalue weighted by atomic mass is 32.2. The number of aliphatic hydroxyl groups excluding tert-OH is 1. The van der Waals surface area contributed by atoms with Gasteiger partial charge in [-0.25, -0.2) is 13.1 Å². The molecule has 0 amide bonds. The fourth-order valence-electron chi connectivity index (χ4n) is 2.85. The number of rotatable bonds is 6. The summed E-state index contributed by atoms with van der Waals surface area (Å²) in [6, 6.07) is 8.77. The Morgan fingerprint density at radius 2 is 2.05 bits per heavy atom. The highest BCUT2D eigenvalue weighted by Crippen LogP contribution is 2.27. The van der Waals surface area contributed by atoms with Gasteiger partial charge in [0.1, 0.15) is 0 Å². The highest BCUT2D eigenvalue weighted by molar-refractivity contribution is 7.89. The topological polar surface area (TPSA) is 66.4 Å². The molecule has 0 saturated heterocycles. The quantitative estimate of drug-likeness (QED) is 0.851. The number of benzene rings is 1. The number of hydrogen-bond donors (Lipinski definition) is 2. The van der Waals surface area contributed by atoms with Gasteiger partial charge < -0.3 is 5.11 Å². The molecule has 1 heterocycles. The molecule has 3 rings (SSSR count). The SMILES string of the molecule is O=S(=O)(N[C@@H](CCO)c1cccs1)c1ccc2c(c1)CCC2. The smallest absolute Gasteiger partial charge is 0.241 e. The predicted molar refractivity (Wildman–Crippen MR) is 87.6 cm³/mol. The maximum Gasteiger partial charge on any atom is 0.241 e. The second-order valence-corrected chi connectivity index (χ2v) is 8.18. The van der Waals surface area contributed by atoms with Crippen LogP contribution in [0, 0.1) is 0 Å². The molecule has 2 aromatic rings. The Balaban J connectivity index is 1.85. The first-order valence-electron chi connectivity index (χ1n) is 7.38. The third-order valence-corrected chi connectivity index (χ3v) is 6.44. The van der Waals surface area contributed by atoms with Gasteiger partial charge >= 0.3 is 0 Å². The molecule has 0 saturated carbocycles. The van der Waals surface area contributed by atoms with Gasteiger partial charge in [0, 0.05) is 11.5 Å². The minimum absolute atomic E-state index is 0.0602. The Bertz CT molecular complexity index is 739. The van der Waals surface area contributed by atoms with Crippen LogP contribution in [0.15, 0.2) is 40.6 Å². The molecule has 118 valence electrons. The van der Waals surface area contributed by atoms with E-state index < -0.39 is 10.0 Å². The zero-order chi connectivity index (χ0) is 15.6. The standard InChI is InChI=1S/C16H19NO3S2/c18-9-8-15(16-5-2-10-21-16)17-22(19,20)14-7-6-12-3-1-4-13(12)11-14/h2,5-7,10-11,15,17-18H,1,3-4,8-9H2/t15-/m0/s1. The van der Waals surface area contributed by atoms with Gasteiger partial charge in [-0.15, -0.1) is 11.3 Å². The third kappa shape index (κ3) is 3.25. The minimum atomic E-state index is -3.58. The lowest BCUT2D eigenvalue weighted by molar-refractivity contribution is 0.273. The molecular weight excluding hydrogens is 318 g/mol. The van der Waals surface area contributed by atoms with Gasteiger partial charge in [0.05, 0.1) is 10.9 Å². The molecule has 0 spiro atoms. The van der Waals surface area contributed by atoms with Crippen LogP contribution in [-0.4, -0.2) is 20.1 Å². The Labute approximate surface area is 134 Å². The number of hydrogen-bond acceptors (Lipinski definition) is 4. The van der Waals surface area contributed by atoms with E-state index in [2.05, 4.69) is 4.72 Å². The van der Waals surface area contributed by atoms with Gasteiger partial charge in [0.2, 0.25) is 10.0 Å². The molecule has 0 unspecified atom stereocenters. The van der Waals surface area contributed by atoms with Crippen molar-refractivity contribution in [3.05, 3.63) is 51.7 Å². The molecule has 6 heteroatoms. The molecular formula is C16H19NO3S2. The normalized spacial score (nSPS) is 15.7. The van der Waals surface area contributed by atoms with Crippen molar-refractivity contribution in [1.29, 1.82) is 0 Å². The number of aryl methyl sites for hydroxylation is 2. The predicted octanol–water partition coefficient (Wildman–Crippen LogP) is 2.64. The van der Waals surface area contributed by atoms with Crippen molar-refractivity contribution in [2.24, 2.45) is 0 Å². The van der Waals surface area contributed by atoms with Crippen LogP contribution in [0.3, 0.4) is 0 Å². The van der Waals surface area contributed by atoms with Crippen molar-refractivity contribution in [2.45, 2.75) is 36.6 Å². The van der Waals surface area contributed by atoms with Crippen LogP contribution in [0.5, 0.6) is 0 Å². The maximum absolute atomic E-state index is 12.6. The van der Waals surface area contributed by atoms with E-state index in [9.17, 15) is 13.5 Å². The zero-order valence-corrected chi connectivity index (χ0v) is 13.8. The molecule has 0 fully saturated rings. The molecule has 0 aliphatic heterocycles. The maximum atomic E-state index is 12.6. The zero-order valence-electron chi connectivity index (χ0n) is 12.2. The molecule has 0 radical (unpaired) electrons. The van der Waals surface area contributed by atoms with Crippen LogP contribution in [0.25, 0.3) is 0 Å². The third-order valence-electron chi connectivity index (χ3n) is 3.98. The molecule has 1 atom stereocenters. The first kappa shape index (κ1) is 15.7. The lowest BCUT2D eigenvalue weighted by atomic mass is 10.1. The van der Waals surface area contributed by atoms with Gasteiger partial charge in [0.15, 0.2) is 0 Å². The van der Waals surface area contributed by atoms with Crippen molar-refractivity contribution in [1.82, 2.24) is 4.72 Å². The lowest BCUT2D eigenvalue weighted by Gasteiger charge is -2.17.